The molecule has 2 aromatic carbocycles. The second-order valence-corrected chi connectivity index (χ2v) is 7.29. The van der Waals surface area contributed by atoms with E-state index in [2.05, 4.69) is 5.32 Å². The zero-order chi connectivity index (χ0) is 21.8. The van der Waals surface area contributed by atoms with E-state index in [0.29, 0.717) is 46.8 Å². The van der Waals surface area contributed by atoms with Crippen LogP contribution in [0, 0.1) is 5.82 Å². The number of amides is 1. The lowest BCUT2D eigenvalue weighted by Gasteiger charge is -2.23. The number of anilines is 1. The zero-order valence-corrected chi connectivity index (χ0v) is 17.9. The molecule has 0 saturated carbocycles. The van der Waals surface area contributed by atoms with Gasteiger partial charge in [-0.25, -0.2) is 4.39 Å². The van der Waals surface area contributed by atoms with Gasteiger partial charge in [0.15, 0.2) is 0 Å². The van der Waals surface area contributed by atoms with E-state index < -0.39 is 0 Å². The van der Waals surface area contributed by atoms with Crippen molar-refractivity contribution in [3.05, 3.63) is 47.8 Å². The van der Waals surface area contributed by atoms with Gasteiger partial charge >= 0.3 is 0 Å². The van der Waals surface area contributed by atoms with Crippen molar-refractivity contribution in [3.63, 3.8) is 0 Å². The smallest absolute Gasteiger partial charge is 0.255 e. The van der Waals surface area contributed by atoms with Gasteiger partial charge in [-0.3, -0.25) is 4.79 Å². The molecule has 1 N–H and O–H groups in total. The number of methoxy groups -OCH3 is 1. The van der Waals surface area contributed by atoms with Gasteiger partial charge in [0.2, 0.25) is 0 Å². The lowest BCUT2D eigenvalue weighted by Crippen LogP contribution is -2.23. The molecular weight excluding hydrogens is 387 g/mol. The molecule has 160 valence electrons. The van der Waals surface area contributed by atoms with Crippen LogP contribution in [-0.4, -0.2) is 46.4 Å². The van der Waals surface area contributed by atoms with E-state index in [9.17, 15) is 9.18 Å². The predicted octanol–water partition coefficient (Wildman–Crippen LogP) is 4.47. The minimum Gasteiger partial charge on any atom is -0.489 e. The van der Waals surface area contributed by atoms with Crippen molar-refractivity contribution < 1.29 is 23.1 Å². The minimum absolute atomic E-state index is 0.0519. The molecule has 1 aromatic heterocycles. The van der Waals surface area contributed by atoms with Crippen LogP contribution in [0.5, 0.6) is 5.75 Å². The van der Waals surface area contributed by atoms with Crippen LogP contribution in [0.15, 0.2) is 40.8 Å². The van der Waals surface area contributed by atoms with Gasteiger partial charge in [0, 0.05) is 44.8 Å². The molecule has 7 heteroatoms. The Morgan fingerprint density at radius 3 is 2.53 bits per heavy atom. The van der Waals surface area contributed by atoms with Crippen molar-refractivity contribution in [1.82, 2.24) is 5.32 Å². The van der Waals surface area contributed by atoms with Gasteiger partial charge in [0.05, 0.1) is 24.0 Å². The van der Waals surface area contributed by atoms with Crippen LogP contribution < -0.4 is 15.0 Å². The molecule has 0 aliphatic heterocycles. The Bertz CT molecular complexity index is 1030. The fourth-order valence-electron chi connectivity index (χ4n) is 3.26. The fraction of sp³-hybridized carbons (Fsp3) is 0.348. The summed E-state index contributed by atoms with van der Waals surface area (Å²) in [5.41, 5.74) is 2.38. The standard InChI is InChI=1S/C23H27FN2O4/c1-14(2)29-20-12-17-19(13-18(20)26(4)10-11-28-5)30-22(21(17)23(27)25-3)15-6-8-16(24)9-7-15/h6-9,12-14H,10-11H2,1-5H3,(H,25,27). The van der Waals surface area contributed by atoms with Crippen LogP contribution in [0.3, 0.4) is 0 Å². The van der Waals surface area contributed by atoms with Gasteiger partial charge in [0.25, 0.3) is 5.91 Å². The Balaban J connectivity index is 2.23. The molecule has 0 aliphatic carbocycles. The second kappa shape index (κ2) is 9.17. The first-order valence-corrected chi connectivity index (χ1v) is 9.81. The van der Waals surface area contributed by atoms with Gasteiger partial charge in [-0.05, 0) is 44.2 Å². The summed E-state index contributed by atoms with van der Waals surface area (Å²) in [4.78, 5) is 14.7. The van der Waals surface area contributed by atoms with Crippen molar-refractivity contribution in [1.29, 1.82) is 0 Å². The molecule has 0 spiro atoms. The molecule has 0 bridgehead atoms. The van der Waals surface area contributed by atoms with E-state index in [1.807, 2.05) is 37.9 Å². The molecule has 30 heavy (non-hydrogen) atoms. The van der Waals surface area contributed by atoms with Crippen molar-refractivity contribution in [2.24, 2.45) is 0 Å². The van der Waals surface area contributed by atoms with E-state index in [1.165, 1.54) is 12.1 Å². The largest absolute Gasteiger partial charge is 0.489 e. The number of furan rings is 1. The number of fused-ring (bicyclic) bond motifs is 1. The highest BCUT2D eigenvalue weighted by Crippen LogP contribution is 2.40. The van der Waals surface area contributed by atoms with E-state index in [1.54, 1.807) is 26.3 Å². The molecule has 0 radical (unpaired) electrons. The normalized spacial score (nSPS) is 11.2. The monoisotopic (exact) mass is 414 g/mol. The third kappa shape index (κ3) is 4.41. The Kier molecular flexibility index (Phi) is 6.62. The van der Waals surface area contributed by atoms with E-state index in [0.717, 1.165) is 5.69 Å². The Hall–Kier alpha value is -3.06. The number of nitrogens with zero attached hydrogens (tertiary/aromatic N) is 1. The topological polar surface area (TPSA) is 63.9 Å². The first-order valence-electron chi connectivity index (χ1n) is 9.81. The van der Waals surface area contributed by atoms with Crippen molar-refractivity contribution in [3.8, 4) is 17.1 Å². The number of hydrogen-bond donors (Lipinski definition) is 1. The summed E-state index contributed by atoms with van der Waals surface area (Å²) in [5, 5.41) is 3.30. The molecule has 0 unspecified atom stereocenters. The van der Waals surface area contributed by atoms with Gasteiger partial charge < -0.3 is 24.1 Å². The van der Waals surface area contributed by atoms with E-state index in [4.69, 9.17) is 13.9 Å². The second-order valence-electron chi connectivity index (χ2n) is 7.29. The molecule has 6 nitrogen and oxygen atoms in total. The van der Waals surface area contributed by atoms with Gasteiger partial charge in [-0.15, -0.1) is 0 Å². The van der Waals surface area contributed by atoms with E-state index in [-0.39, 0.29) is 17.8 Å². The molecule has 0 saturated heterocycles. The number of nitrogens with one attached hydrogen (secondary N) is 1. The maximum Gasteiger partial charge on any atom is 0.255 e. The molecule has 1 amide bonds. The molecule has 1 heterocycles. The summed E-state index contributed by atoms with van der Waals surface area (Å²) >= 11 is 0. The van der Waals surface area contributed by atoms with Crippen LogP contribution in [-0.2, 0) is 4.74 Å². The van der Waals surface area contributed by atoms with Crippen LogP contribution >= 0.6 is 0 Å². The quantitative estimate of drug-likeness (QED) is 0.589. The first-order chi connectivity index (χ1) is 14.3. The highest BCUT2D eigenvalue weighted by Gasteiger charge is 2.24. The van der Waals surface area contributed by atoms with Crippen molar-refractivity contribution in [2.45, 2.75) is 20.0 Å². The lowest BCUT2D eigenvalue weighted by molar-refractivity contribution is 0.0964. The maximum absolute atomic E-state index is 13.4. The first kappa shape index (κ1) is 21.6. The molecule has 0 fully saturated rings. The zero-order valence-electron chi connectivity index (χ0n) is 17.9. The average molecular weight is 414 g/mol. The lowest BCUT2D eigenvalue weighted by atomic mass is 10.0. The average Bonchev–Trinajstić information content (AvgIpc) is 3.09. The number of halogens is 1. The summed E-state index contributed by atoms with van der Waals surface area (Å²) < 4.78 is 30.8. The molecular formula is C23H27FN2O4. The predicted molar refractivity (Wildman–Crippen MR) is 116 cm³/mol. The number of hydrogen-bond acceptors (Lipinski definition) is 5. The number of carbonyl (C=O) groups excluding carboxylic acids is 1. The van der Waals surface area contributed by atoms with Crippen LogP contribution in [0.2, 0.25) is 0 Å². The van der Waals surface area contributed by atoms with Gasteiger partial charge in [0.1, 0.15) is 22.9 Å². The molecule has 3 aromatic rings. The van der Waals surface area contributed by atoms with Crippen molar-refractivity contribution in [2.75, 3.05) is 39.3 Å². The van der Waals surface area contributed by atoms with Gasteiger partial charge in [-0.2, -0.15) is 0 Å². The number of carbonyl (C=O) groups is 1. The van der Waals surface area contributed by atoms with Gasteiger partial charge in [-0.1, -0.05) is 0 Å². The summed E-state index contributed by atoms with van der Waals surface area (Å²) in [6.07, 6.45) is -0.0519. The maximum atomic E-state index is 13.4. The van der Waals surface area contributed by atoms with Crippen LogP contribution in [0.25, 0.3) is 22.3 Å². The van der Waals surface area contributed by atoms with Crippen LogP contribution in [0.1, 0.15) is 24.2 Å². The summed E-state index contributed by atoms with van der Waals surface area (Å²) in [7, 11) is 5.16. The highest BCUT2D eigenvalue weighted by molar-refractivity contribution is 6.12. The number of benzene rings is 2. The SMILES string of the molecule is CNC(=O)c1c(-c2ccc(F)cc2)oc2cc(N(C)CCOC)c(OC(C)C)cc12. The van der Waals surface area contributed by atoms with Crippen LogP contribution in [0.4, 0.5) is 10.1 Å². The highest BCUT2D eigenvalue weighted by atomic mass is 19.1. The molecule has 0 aliphatic rings. The fourth-order valence-corrected chi connectivity index (χ4v) is 3.26. The minimum atomic E-state index is -0.356. The number of likely N-dealkylation sites (N-methyl/N-ethyl adjacent to an activating group) is 1. The molecule has 0 atom stereocenters. The summed E-state index contributed by atoms with van der Waals surface area (Å²) in [6, 6.07) is 9.56. The Morgan fingerprint density at radius 1 is 1.23 bits per heavy atom. The van der Waals surface area contributed by atoms with E-state index >= 15 is 0 Å². The number of rotatable bonds is 8. The Labute approximate surface area is 175 Å². The summed E-state index contributed by atoms with van der Waals surface area (Å²) in [5.74, 6) is 0.388. The summed E-state index contributed by atoms with van der Waals surface area (Å²) in [6.45, 7) is 5.10. The Morgan fingerprint density at radius 2 is 1.93 bits per heavy atom. The van der Waals surface area contributed by atoms with Crippen molar-refractivity contribution >= 4 is 22.6 Å². The number of ether oxygens (including phenoxy) is 2. The third-order valence-corrected chi connectivity index (χ3v) is 4.73. The molecule has 3 rings (SSSR count). The third-order valence-electron chi connectivity index (χ3n) is 4.73.